The molecule has 2 heterocycles. The lowest BCUT2D eigenvalue weighted by Gasteiger charge is -2.11. The van der Waals surface area contributed by atoms with Gasteiger partial charge in [-0.05, 0) is 48.4 Å². The molecule has 3 amide bonds. The highest BCUT2D eigenvalue weighted by Crippen LogP contribution is 2.30. The molecule has 2 aromatic rings. The van der Waals surface area contributed by atoms with Crippen LogP contribution in [0, 0.1) is 0 Å². The van der Waals surface area contributed by atoms with Crippen molar-refractivity contribution in [3.05, 3.63) is 41.3 Å². The van der Waals surface area contributed by atoms with Crippen LogP contribution in [0.25, 0.3) is 10.4 Å². The minimum atomic E-state index is -0.386. The third-order valence-corrected chi connectivity index (χ3v) is 4.98. The summed E-state index contributed by atoms with van der Waals surface area (Å²) in [5.74, 6) is 0.673. The summed E-state index contributed by atoms with van der Waals surface area (Å²) in [4.78, 5) is 27.4. The molecule has 1 saturated heterocycles. The van der Waals surface area contributed by atoms with Gasteiger partial charge < -0.3 is 10.1 Å². The van der Waals surface area contributed by atoms with E-state index in [9.17, 15) is 9.59 Å². The highest BCUT2D eigenvalue weighted by molar-refractivity contribution is 7.15. The van der Waals surface area contributed by atoms with Gasteiger partial charge in [0.15, 0.2) is 0 Å². The van der Waals surface area contributed by atoms with Crippen molar-refractivity contribution in [2.24, 2.45) is 0 Å². The predicted octanol–water partition coefficient (Wildman–Crippen LogP) is 3.25. The first-order chi connectivity index (χ1) is 11.1. The maximum atomic E-state index is 12.1. The first-order valence-corrected chi connectivity index (χ1v) is 8.29. The van der Waals surface area contributed by atoms with Crippen molar-refractivity contribution in [1.29, 1.82) is 0 Å². The fourth-order valence-electron chi connectivity index (χ4n) is 2.53. The average Bonchev–Trinajstić information content (AvgIpc) is 3.15. The van der Waals surface area contributed by atoms with E-state index in [0.717, 1.165) is 21.1 Å². The number of nitrogens with zero attached hydrogens (tertiary/aromatic N) is 1. The summed E-state index contributed by atoms with van der Waals surface area (Å²) in [7, 11) is 1.64. The van der Waals surface area contributed by atoms with Gasteiger partial charge in [0.1, 0.15) is 11.8 Å². The van der Waals surface area contributed by atoms with E-state index in [2.05, 4.69) is 5.32 Å². The van der Waals surface area contributed by atoms with Crippen LogP contribution >= 0.6 is 11.3 Å². The standard InChI is InChI=1S/C17H18N2O3S/c1-3-14-16(20)19(17(21)18-14)10-13-8-9-15(23-13)11-4-6-12(22-2)7-5-11/h4-9,14H,3,10H2,1-2H3,(H,18,21)/t14-/m1/s1. The number of carbonyl (C=O) groups is 2. The number of ether oxygens (including phenoxy) is 1. The van der Waals surface area contributed by atoms with Crippen molar-refractivity contribution in [2.75, 3.05) is 7.11 Å². The second-order valence-corrected chi connectivity index (χ2v) is 6.50. The van der Waals surface area contributed by atoms with E-state index in [1.165, 1.54) is 4.90 Å². The molecule has 23 heavy (non-hydrogen) atoms. The van der Waals surface area contributed by atoms with Crippen LogP contribution in [-0.2, 0) is 11.3 Å². The van der Waals surface area contributed by atoms with Crippen molar-refractivity contribution in [3.63, 3.8) is 0 Å². The number of benzene rings is 1. The number of carbonyl (C=O) groups excluding carboxylic acids is 2. The highest BCUT2D eigenvalue weighted by atomic mass is 32.1. The molecule has 0 spiro atoms. The van der Waals surface area contributed by atoms with Crippen molar-refractivity contribution in [3.8, 4) is 16.2 Å². The lowest BCUT2D eigenvalue weighted by atomic mass is 10.2. The van der Waals surface area contributed by atoms with E-state index in [1.54, 1.807) is 18.4 Å². The first kappa shape index (κ1) is 15.6. The molecule has 1 atom stereocenters. The SMILES string of the molecule is CC[C@H]1NC(=O)N(Cc2ccc(-c3ccc(OC)cc3)s2)C1=O. The lowest BCUT2D eigenvalue weighted by molar-refractivity contribution is -0.127. The molecule has 3 rings (SSSR count). The topological polar surface area (TPSA) is 58.6 Å². The average molecular weight is 330 g/mol. The van der Waals surface area contributed by atoms with Crippen LogP contribution in [-0.4, -0.2) is 30.0 Å². The summed E-state index contributed by atoms with van der Waals surface area (Å²) in [6.07, 6.45) is 0.614. The number of methoxy groups -OCH3 is 1. The van der Waals surface area contributed by atoms with E-state index in [1.807, 2.05) is 43.3 Å². The van der Waals surface area contributed by atoms with E-state index in [0.29, 0.717) is 13.0 Å². The summed E-state index contributed by atoms with van der Waals surface area (Å²) in [6.45, 7) is 2.21. The first-order valence-electron chi connectivity index (χ1n) is 7.47. The quantitative estimate of drug-likeness (QED) is 0.856. The van der Waals surface area contributed by atoms with Gasteiger partial charge in [0, 0.05) is 9.75 Å². The molecule has 1 aliphatic rings. The van der Waals surface area contributed by atoms with Gasteiger partial charge in [-0.25, -0.2) is 4.79 Å². The Morgan fingerprint density at radius 1 is 1.17 bits per heavy atom. The second-order valence-electron chi connectivity index (χ2n) is 5.33. The van der Waals surface area contributed by atoms with E-state index >= 15 is 0 Å². The third kappa shape index (κ3) is 3.07. The minimum Gasteiger partial charge on any atom is -0.497 e. The Morgan fingerprint density at radius 2 is 1.91 bits per heavy atom. The third-order valence-electron chi connectivity index (χ3n) is 3.87. The summed E-state index contributed by atoms with van der Waals surface area (Å²) >= 11 is 1.58. The molecule has 1 aromatic heterocycles. The molecular formula is C17H18N2O3S. The highest BCUT2D eigenvalue weighted by Gasteiger charge is 2.36. The Hall–Kier alpha value is -2.34. The van der Waals surface area contributed by atoms with Crippen LogP contribution < -0.4 is 10.1 Å². The number of hydrogen-bond acceptors (Lipinski definition) is 4. The van der Waals surface area contributed by atoms with Crippen LogP contribution in [0.1, 0.15) is 18.2 Å². The van der Waals surface area contributed by atoms with Gasteiger partial charge in [-0.3, -0.25) is 9.69 Å². The van der Waals surface area contributed by atoms with Gasteiger partial charge >= 0.3 is 6.03 Å². The number of amides is 3. The van der Waals surface area contributed by atoms with Gasteiger partial charge in [0.05, 0.1) is 13.7 Å². The van der Waals surface area contributed by atoms with Gasteiger partial charge in [-0.1, -0.05) is 6.92 Å². The second kappa shape index (κ2) is 6.42. The molecule has 1 aromatic carbocycles. The molecule has 0 aliphatic carbocycles. The van der Waals surface area contributed by atoms with E-state index < -0.39 is 0 Å². The fourth-order valence-corrected chi connectivity index (χ4v) is 3.53. The van der Waals surface area contributed by atoms with Crippen molar-refractivity contribution in [2.45, 2.75) is 25.9 Å². The smallest absolute Gasteiger partial charge is 0.325 e. The maximum Gasteiger partial charge on any atom is 0.325 e. The molecule has 1 aliphatic heterocycles. The van der Waals surface area contributed by atoms with Crippen molar-refractivity contribution < 1.29 is 14.3 Å². The summed E-state index contributed by atoms with van der Waals surface area (Å²) in [5.41, 5.74) is 1.09. The Morgan fingerprint density at radius 3 is 2.52 bits per heavy atom. The molecule has 1 fully saturated rings. The van der Waals surface area contributed by atoms with Gasteiger partial charge in [0.2, 0.25) is 0 Å². The number of rotatable bonds is 5. The maximum absolute atomic E-state index is 12.1. The molecule has 0 saturated carbocycles. The molecule has 6 heteroatoms. The van der Waals surface area contributed by atoms with Crippen LogP contribution in [0.5, 0.6) is 5.75 Å². The van der Waals surface area contributed by atoms with Crippen LogP contribution in [0.3, 0.4) is 0 Å². The molecule has 0 unspecified atom stereocenters. The number of urea groups is 1. The number of thiophene rings is 1. The zero-order valence-electron chi connectivity index (χ0n) is 13.0. The number of hydrogen-bond donors (Lipinski definition) is 1. The van der Waals surface area contributed by atoms with Gasteiger partial charge in [-0.15, -0.1) is 11.3 Å². The Kier molecular flexibility index (Phi) is 4.34. The monoisotopic (exact) mass is 330 g/mol. The molecule has 1 N–H and O–H groups in total. The molecular weight excluding hydrogens is 312 g/mol. The predicted molar refractivity (Wildman–Crippen MR) is 89.5 cm³/mol. The number of nitrogens with one attached hydrogen (secondary N) is 1. The van der Waals surface area contributed by atoms with Crippen molar-refractivity contribution >= 4 is 23.3 Å². The van der Waals surface area contributed by atoms with E-state index in [-0.39, 0.29) is 18.0 Å². The minimum absolute atomic E-state index is 0.142. The largest absolute Gasteiger partial charge is 0.497 e. The number of imide groups is 1. The molecule has 0 bridgehead atoms. The lowest BCUT2D eigenvalue weighted by Crippen LogP contribution is -2.30. The Labute approximate surface area is 138 Å². The zero-order chi connectivity index (χ0) is 16.4. The molecule has 120 valence electrons. The Bertz CT molecular complexity index is 724. The van der Waals surface area contributed by atoms with Crippen LogP contribution in [0.15, 0.2) is 36.4 Å². The normalized spacial score (nSPS) is 17.5. The van der Waals surface area contributed by atoms with Crippen molar-refractivity contribution in [1.82, 2.24) is 10.2 Å². The summed E-state index contributed by atoms with van der Waals surface area (Å²) in [6, 6.07) is 11.1. The molecule has 0 radical (unpaired) electrons. The molecule has 5 nitrogen and oxygen atoms in total. The summed E-state index contributed by atoms with van der Waals surface area (Å²) in [5, 5.41) is 2.70. The fraction of sp³-hybridized carbons (Fsp3) is 0.294. The van der Waals surface area contributed by atoms with Crippen LogP contribution in [0.2, 0.25) is 0 Å². The van der Waals surface area contributed by atoms with Gasteiger partial charge in [0.25, 0.3) is 5.91 Å². The zero-order valence-corrected chi connectivity index (χ0v) is 13.9. The summed E-state index contributed by atoms with van der Waals surface area (Å²) < 4.78 is 5.16. The Balaban J connectivity index is 1.74. The van der Waals surface area contributed by atoms with Gasteiger partial charge in [-0.2, -0.15) is 0 Å². The van der Waals surface area contributed by atoms with E-state index in [4.69, 9.17) is 4.74 Å². The van der Waals surface area contributed by atoms with Crippen LogP contribution in [0.4, 0.5) is 4.79 Å².